The minimum Gasteiger partial charge on any atom is -0.365 e. The maximum Gasteiger partial charge on any atom is 0.183 e. The maximum absolute atomic E-state index is 13.4. The van der Waals surface area contributed by atoms with E-state index in [0.717, 1.165) is 26.6 Å². The van der Waals surface area contributed by atoms with Gasteiger partial charge < -0.3 is 5.32 Å². The number of aryl methyl sites for hydroxylation is 2. The molecule has 17 heavy (non-hydrogen) atoms. The van der Waals surface area contributed by atoms with Crippen molar-refractivity contribution in [3.8, 4) is 0 Å². The Hall–Kier alpha value is -0.940. The van der Waals surface area contributed by atoms with Crippen LogP contribution in [0, 0.1) is 5.82 Å². The van der Waals surface area contributed by atoms with E-state index in [1.807, 2.05) is 19.2 Å². The molecule has 90 valence electrons. The molecule has 2 nitrogen and oxygen atoms in total. The number of benzene rings is 1. The molecule has 0 fully saturated rings. The first kappa shape index (κ1) is 12.5. The Kier molecular flexibility index (Phi) is 4.12. The van der Waals surface area contributed by atoms with Crippen LogP contribution in [0.2, 0.25) is 0 Å². The molecule has 2 aromatic rings. The molecule has 0 atom stereocenters. The lowest BCUT2D eigenvalue weighted by atomic mass is 10.1. The fourth-order valence-corrected chi connectivity index (χ4v) is 3.09. The average molecular weight is 315 g/mol. The van der Waals surface area contributed by atoms with Crippen LogP contribution in [0.3, 0.4) is 0 Å². The third-order valence-corrected chi connectivity index (χ3v) is 4.49. The Morgan fingerprint density at radius 1 is 1.35 bits per heavy atom. The number of rotatable bonds is 4. The number of anilines is 1. The van der Waals surface area contributed by atoms with Crippen LogP contribution in [-0.2, 0) is 12.8 Å². The van der Waals surface area contributed by atoms with E-state index < -0.39 is 0 Å². The summed E-state index contributed by atoms with van der Waals surface area (Å²) in [5, 5.41) is 3.88. The number of hydrogen-bond donors (Lipinski definition) is 1. The van der Waals surface area contributed by atoms with E-state index in [1.54, 1.807) is 17.4 Å². The van der Waals surface area contributed by atoms with Gasteiger partial charge in [0, 0.05) is 11.9 Å². The molecule has 0 aliphatic heterocycles. The SMILES string of the molecule is CNc1nc(Br)c(CCc2ccccc2F)s1. The molecule has 1 heterocycles. The van der Waals surface area contributed by atoms with Gasteiger partial charge in [0.2, 0.25) is 0 Å². The van der Waals surface area contributed by atoms with Crippen LogP contribution in [0.5, 0.6) is 0 Å². The van der Waals surface area contributed by atoms with E-state index in [0.29, 0.717) is 6.42 Å². The number of thiazole rings is 1. The molecule has 0 amide bonds. The van der Waals surface area contributed by atoms with Gasteiger partial charge in [-0.15, -0.1) is 11.3 Å². The standard InChI is InChI=1S/C12H12BrFN2S/c1-15-12-16-11(13)10(17-12)7-6-8-4-2-3-5-9(8)14/h2-5H,6-7H2,1H3,(H,15,16). The van der Waals surface area contributed by atoms with Crippen molar-refractivity contribution in [2.45, 2.75) is 12.8 Å². The normalized spacial score (nSPS) is 10.5. The minimum absolute atomic E-state index is 0.137. The van der Waals surface area contributed by atoms with E-state index in [9.17, 15) is 4.39 Å². The first-order chi connectivity index (χ1) is 8.20. The van der Waals surface area contributed by atoms with Gasteiger partial charge in [-0.3, -0.25) is 0 Å². The molecule has 1 N–H and O–H groups in total. The van der Waals surface area contributed by atoms with Crippen molar-refractivity contribution >= 4 is 32.4 Å². The fourth-order valence-electron chi connectivity index (χ4n) is 1.54. The van der Waals surface area contributed by atoms with E-state index in [1.165, 1.54) is 6.07 Å². The van der Waals surface area contributed by atoms with Gasteiger partial charge in [-0.05, 0) is 40.4 Å². The Morgan fingerprint density at radius 3 is 2.76 bits per heavy atom. The number of aromatic nitrogens is 1. The summed E-state index contributed by atoms with van der Waals surface area (Å²) in [6.45, 7) is 0. The zero-order valence-corrected chi connectivity index (χ0v) is 11.7. The van der Waals surface area contributed by atoms with Gasteiger partial charge in [0.1, 0.15) is 10.4 Å². The van der Waals surface area contributed by atoms with Gasteiger partial charge in [0.05, 0.1) is 0 Å². The molecule has 0 spiro atoms. The summed E-state index contributed by atoms with van der Waals surface area (Å²) < 4.78 is 14.3. The summed E-state index contributed by atoms with van der Waals surface area (Å²) in [6.07, 6.45) is 1.48. The molecule has 1 aromatic carbocycles. The van der Waals surface area contributed by atoms with Gasteiger partial charge in [-0.25, -0.2) is 9.37 Å². The van der Waals surface area contributed by atoms with Gasteiger partial charge >= 0.3 is 0 Å². The molecule has 0 unspecified atom stereocenters. The maximum atomic E-state index is 13.4. The molecule has 5 heteroatoms. The Balaban J connectivity index is 2.07. The summed E-state index contributed by atoms with van der Waals surface area (Å²) in [5.41, 5.74) is 0.749. The smallest absolute Gasteiger partial charge is 0.183 e. The number of nitrogens with zero attached hydrogens (tertiary/aromatic N) is 1. The number of halogens is 2. The first-order valence-corrected chi connectivity index (χ1v) is 6.88. The highest BCUT2D eigenvalue weighted by atomic mass is 79.9. The minimum atomic E-state index is -0.137. The lowest BCUT2D eigenvalue weighted by Crippen LogP contribution is -1.93. The molecule has 0 bridgehead atoms. The number of hydrogen-bond acceptors (Lipinski definition) is 3. The molecule has 0 aliphatic carbocycles. The van der Waals surface area contributed by atoms with Crippen LogP contribution in [0.4, 0.5) is 9.52 Å². The first-order valence-electron chi connectivity index (χ1n) is 5.27. The zero-order chi connectivity index (χ0) is 12.3. The molecule has 0 saturated heterocycles. The Morgan fingerprint density at radius 2 is 2.12 bits per heavy atom. The van der Waals surface area contributed by atoms with Crippen LogP contribution in [0.25, 0.3) is 0 Å². The summed E-state index contributed by atoms with van der Waals surface area (Å²) in [7, 11) is 1.84. The van der Waals surface area contributed by atoms with Crippen molar-refractivity contribution in [3.63, 3.8) is 0 Å². The number of nitrogens with one attached hydrogen (secondary N) is 1. The highest BCUT2D eigenvalue weighted by Crippen LogP contribution is 2.28. The third-order valence-electron chi connectivity index (χ3n) is 2.44. The van der Waals surface area contributed by atoms with Gasteiger partial charge in [-0.1, -0.05) is 18.2 Å². The van der Waals surface area contributed by atoms with E-state index in [4.69, 9.17) is 0 Å². The van der Waals surface area contributed by atoms with Crippen LogP contribution in [0.15, 0.2) is 28.9 Å². The summed E-state index contributed by atoms with van der Waals surface area (Å²) >= 11 is 5.01. The highest BCUT2D eigenvalue weighted by molar-refractivity contribution is 9.10. The summed E-state index contributed by atoms with van der Waals surface area (Å²) in [6, 6.07) is 6.89. The van der Waals surface area contributed by atoms with Crippen LogP contribution < -0.4 is 5.32 Å². The lowest BCUT2D eigenvalue weighted by Gasteiger charge is -2.01. The van der Waals surface area contributed by atoms with Crippen molar-refractivity contribution in [2.75, 3.05) is 12.4 Å². The molecular formula is C12H12BrFN2S. The summed E-state index contributed by atoms with van der Waals surface area (Å²) in [4.78, 5) is 5.43. The van der Waals surface area contributed by atoms with Crippen LogP contribution >= 0.6 is 27.3 Å². The monoisotopic (exact) mass is 314 g/mol. The largest absolute Gasteiger partial charge is 0.365 e. The molecule has 1 aromatic heterocycles. The van der Waals surface area contributed by atoms with Crippen LogP contribution in [-0.4, -0.2) is 12.0 Å². The van der Waals surface area contributed by atoms with Crippen molar-refractivity contribution in [2.24, 2.45) is 0 Å². The van der Waals surface area contributed by atoms with E-state index >= 15 is 0 Å². The molecule has 0 radical (unpaired) electrons. The molecule has 0 saturated carbocycles. The average Bonchev–Trinajstić information content (AvgIpc) is 2.69. The van der Waals surface area contributed by atoms with Crippen molar-refractivity contribution < 1.29 is 4.39 Å². The topological polar surface area (TPSA) is 24.9 Å². The van der Waals surface area contributed by atoms with Gasteiger partial charge in [-0.2, -0.15) is 0 Å². The predicted octanol–water partition coefficient (Wildman–Crippen LogP) is 3.87. The Bertz CT molecular complexity index is 513. The predicted molar refractivity (Wildman–Crippen MR) is 73.2 cm³/mol. The van der Waals surface area contributed by atoms with E-state index in [-0.39, 0.29) is 5.82 Å². The summed E-state index contributed by atoms with van der Waals surface area (Å²) in [5.74, 6) is -0.137. The van der Waals surface area contributed by atoms with E-state index in [2.05, 4.69) is 26.2 Å². The second-order valence-electron chi connectivity index (χ2n) is 3.57. The highest BCUT2D eigenvalue weighted by Gasteiger charge is 2.09. The molecule has 0 aliphatic rings. The van der Waals surface area contributed by atoms with Crippen molar-refractivity contribution in [1.29, 1.82) is 0 Å². The third kappa shape index (κ3) is 3.04. The van der Waals surface area contributed by atoms with Crippen molar-refractivity contribution in [3.05, 3.63) is 45.1 Å². The Labute approximate surface area is 112 Å². The van der Waals surface area contributed by atoms with Crippen LogP contribution in [0.1, 0.15) is 10.4 Å². The second kappa shape index (κ2) is 5.60. The second-order valence-corrected chi connectivity index (χ2v) is 5.41. The van der Waals surface area contributed by atoms with Crippen molar-refractivity contribution in [1.82, 2.24) is 4.98 Å². The molecule has 2 rings (SSSR count). The lowest BCUT2D eigenvalue weighted by molar-refractivity contribution is 0.609. The van der Waals surface area contributed by atoms with Gasteiger partial charge in [0.15, 0.2) is 5.13 Å². The zero-order valence-electron chi connectivity index (χ0n) is 9.34. The molecular weight excluding hydrogens is 303 g/mol. The quantitative estimate of drug-likeness (QED) is 0.926. The fraction of sp³-hybridized carbons (Fsp3) is 0.250. The van der Waals surface area contributed by atoms with Gasteiger partial charge in [0.25, 0.3) is 0 Å².